The fourth-order valence-electron chi connectivity index (χ4n) is 2.56. The molecule has 0 amide bonds. The highest BCUT2D eigenvalue weighted by atomic mass is 35.5. The van der Waals surface area contributed by atoms with Crippen molar-refractivity contribution in [3.8, 4) is 5.69 Å². The first-order valence-corrected chi connectivity index (χ1v) is 7.42. The zero-order valence-corrected chi connectivity index (χ0v) is 12.6. The summed E-state index contributed by atoms with van der Waals surface area (Å²) in [5.74, 6) is 0.390. The van der Waals surface area contributed by atoms with Gasteiger partial charge in [0.25, 0.3) is 0 Å². The van der Waals surface area contributed by atoms with E-state index in [1.54, 1.807) is 0 Å². The Balaban J connectivity index is 2.21. The lowest BCUT2D eigenvalue weighted by molar-refractivity contribution is 1.11. The van der Waals surface area contributed by atoms with Crippen molar-refractivity contribution in [2.24, 2.45) is 0 Å². The number of fused-ring (bicyclic) bond motifs is 2. The summed E-state index contributed by atoms with van der Waals surface area (Å²) < 4.78 is 10.5. The van der Waals surface area contributed by atoms with Crippen molar-refractivity contribution in [1.82, 2.24) is 18.3 Å². The predicted octanol–water partition coefficient (Wildman–Crippen LogP) is 3.57. The average molecular weight is 316 g/mol. The highest BCUT2D eigenvalue weighted by molar-refractivity contribution is 7.00. The first-order chi connectivity index (χ1) is 10.2. The number of nitrogens with two attached hydrogens (primary N) is 1. The Morgan fingerprint density at radius 1 is 1.14 bits per heavy atom. The van der Waals surface area contributed by atoms with E-state index in [1.807, 2.05) is 41.8 Å². The average Bonchev–Trinajstić information content (AvgIpc) is 3.04. The summed E-state index contributed by atoms with van der Waals surface area (Å²) in [5, 5.41) is 0.574. The Labute approximate surface area is 129 Å². The summed E-state index contributed by atoms with van der Waals surface area (Å²) in [6.07, 6.45) is 0. The lowest BCUT2D eigenvalue weighted by Gasteiger charge is -2.10. The van der Waals surface area contributed by atoms with E-state index < -0.39 is 0 Å². The Morgan fingerprint density at radius 3 is 2.86 bits per heavy atom. The van der Waals surface area contributed by atoms with Crippen molar-refractivity contribution in [2.45, 2.75) is 6.92 Å². The van der Waals surface area contributed by atoms with Crippen LogP contribution in [-0.4, -0.2) is 18.3 Å². The van der Waals surface area contributed by atoms with Crippen molar-refractivity contribution in [1.29, 1.82) is 0 Å². The predicted molar refractivity (Wildman–Crippen MR) is 86.2 cm³/mol. The normalized spacial score (nSPS) is 11.5. The van der Waals surface area contributed by atoms with Crippen molar-refractivity contribution < 1.29 is 0 Å². The molecule has 2 N–H and O–H groups in total. The summed E-state index contributed by atoms with van der Waals surface area (Å²) in [5.41, 5.74) is 11.3. The lowest BCUT2D eigenvalue weighted by Crippen LogP contribution is -2.03. The smallest absolute Gasteiger partial charge is 0.206 e. The van der Waals surface area contributed by atoms with Gasteiger partial charge < -0.3 is 5.73 Å². The van der Waals surface area contributed by atoms with Crippen LogP contribution in [0.2, 0.25) is 5.02 Å². The second kappa shape index (κ2) is 4.41. The summed E-state index contributed by atoms with van der Waals surface area (Å²) >= 11 is 7.56. The number of hydrogen-bond acceptors (Lipinski definition) is 5. The number of nitrogen functional groups attached to an aromatic ring is 1. The Bertz CT molecular complexity index is 988. The number of nitrogens with zero attached hydrogens (tertiary/aromatic N) is 4. The molecule has 0 saturated heterocycles. The maximum absolute atomic E-state index is 6.41. The molecule has 2 heterocycles. The summed E-state index contributed by atoms with van der Waals surface area (Å²) in [7, 11) is 0. The third-order valence-electron chi connectivity index (χ3n) is 3.48. The molecule has 2 aromatic carbocycles. The molecule has 0 atom stereocenters. The fraction of sp³-hybridized carbons (Fsp3) is 0.0714. The van der Waals surface area contributed by atoms with E-state index in [1.165, 1.54) is 0 Å². The Kier molecular flexibility index (Phi) is 2.63. The second-order valence-corrected chi connectivity index (χ2v) is 5.71. The first-order valence-electron chi connectivity index (χ1n) is 6.31. The van der Waals surface area contributed by atoms with E-state index in [4.69, 9.17) is 17.3 Å². The number of rotatable bonds is 1. The molecule has 0 aliphatic heterocycles. The van der Waals surface area contributed by atoms with E-state index >= 15 is 0 Å². The number of imidazole rings is 1. The largest absolute Gasteiger partial charge is 0.369 e. The van der Waals surface area contributed by atoms with Gasteiger partial charge in [-0.25, -0.2) is 4.98 Å². The lowest BCUT2D eigenvalue weighted by atomic mass is 10.2. The molecule has 2 aromatic heterocycles. The van der Waals surface area contributed by atoms with Gasteiger partial charge in [-0.2, -0.15) is 8.75 Å². The molecule has 0 spiro atoms. The third-order valence-corrected chi connectivity index (χ3v) is 4.33. The SMILES string of the molecule is Cc1cccc2nc(N)n(-c3c(Cl)ccc4nsnc34)c12. The van der Waals surface area contributed by atoms with Crippen LogP contribution in [0.15, 0.2) is 30.3 Å². The molecule has 21 heavy (non-hydrogen) atoms. The van der Waals surface area contributed by atoms with Gasteiger partial charge in [-0.05, 0) is 30.7 Å². The minimum atomic E-state index is 0.390. The summed E-state index contributed by atoms with van der Waals surface area (Å²) in [6.45, 7) is 2.02. The van der Waals surface area contributed by atoms with Gasteiger partial charge in [-0.1, -0.05) is 23.7 Å². The van der Waals surface area contributed by atoms with Crippen molar-refractivity contribution in [3.05, 3.63) is 40.9 Å². The van der Waals surface area contributed by atoms with Crippen LogP contribution in [0.25, 0.3) is 27.8 Å². The van der Waals surface area contributed by atoms with Crippen molar-refractivity contribution >= 4 is 51.3 Å². The number of aromatic nitrogens is 4. The van der Waals surface area contributed by atoms with Gasteiger partial charge in [0.1, 0.15) is 11.0 Å². The van der Waals surface area contributed by atoms with Gasteiger partial charge in [0.05, 0.1) is 33.5 Å². The van der Waals surface area contributed by atoms with Crippen LogP contribution < -0.4 is 5.73 Å². The van der Waals surface area contributed by atoms with Gasteiger partial charge >= 0.3 is 0 Å². The Morgan fingerprint density at radius 2 is 2.00 bits per heavy atom. The van der Waals surface area contributed by atoms with Crippen molar-refractivity contribution in [2.75, 3.05) is 5.73 Å². The maximum atomic E-state index is 6.41. The van der Waals surface area contributed by atoms with Gasteiger partial charge in [-0.3, -0.25) is 4.57 Å². The number of hydrogen-bond donors (Lipinski definition) is 1. The molecule has 0 aliphatic carbocycles. The third kappa shape index (κ3) is 1.73. The standard InChI is InChI=1S/C14H10ClN5S/c1-7-3-2-4-10-12(7)20(14(16)17-10)13-8(15)5-6-9-11(13)19-21-18-9/h2-6H,1H3,(H2,16,17). The van der Waals surface area contributed by atoms with Crippen molar-refractivity contribution in [3.63, 3.8) is 0 Å². The zero-order valence-electron chi connectivity index (χ0n) is 11.0. The summed E-state index contributed by atoms with van der Waals surface area (Å²) in [6, 6.07) is 9.58. The molecule has 104 valence electrons. The number of anilines is 1. The van der Waals surface area contributed by atoms with Crippen LogP contribution in [0.3, 0.4) is 0 Å². The van der Waals surface area contributed by atoms with E-state index in [2.05, 4.69) is 13.7 Å². The molecule has 5 nitrogen and oxygen atoms in total. The number of halogens is 1. The number of benzene rings is 2. The number of aryl methyl sites for hydroxylation is 1. The molecule has 0 bridgehead atoms. The highest BCUT2D eigenvalue weighted by Crippen LogP contribution is 2.34. The maximum Gasteiger partial charge on any atom is 0.206 e. The molecule has 0 fully saturated rings. The van der Waals surface area contributed by atoms with Crippen LogP contribution in [0.5, 0.6) is 0 Å². The molecule has 4 rings (SSSR count). The molecular formula is C14H10ClN5S. The minimum Gasteiger partial charge on any atom is -0.369 e. The second-order valence-electron chi connectivity index (χ2n) is 4.78. The van der Waals surface area contributed by atoms with Crippen LogP contribution in [0.4, 0.5) is 5.95 Å². The highest BCUT2D eigenvalue weighted by Gasteiger charge is 2.18. The molecule has 0 unspecified atom stereocenters. The number of para-hydroxylation sites is 1. The molecule has 0 aliphatic rings. The molecule has 0 saturated carbocycles. The van der Waals surface area contributed by atoms with E-state index in [0.29, 0.717) is 11.0 Å². The topological polar surface area (TPSA) is 69.6 Å². The fourth-order valence-corrected chi connectivity index (χ4v) is 3.34. The van der Waals surface area contributed by atoms with E-state index in [-0.39, 0.29) is 0 Å². The van der Waals surface area contributed by atoms with Gasteiger partial charge in [0.15, 0.2) is 0 Å². The van der Waals surface area contributed by atoms with Gasteiger partial charge in [-0.15, -0.1) is 0 Å². The first kappa shape index (κ1) is 12.6. The minimum absolute atomic E-state index is 0.390. The molecular weight excluding hydrogens is 306 g/mol. The van der Waals surface area contributed by atoms with E-state index in [0.717, 1.165) is 45.0 Å². The monoisotopic (exact) mass is 315 g/mol. The van der Waals surface area contributed by atoms with Crippen LogP contribution in [0.1, 0.15) is 5.56 Å². The molecule has 7 heteroatoms. The zero-order chi connectivity index (χ0) is 14.6. The van der Waals surface area contributed by atoms with Crippen LogP contribution in [-0.2, 0) is 0 Å². The Hall–Kier alpha value is -2.18. The summed E-state index contributed by atoms with van der Waals surface area (Å²) in [4.78, 5) is 4.42. The quantitative estimate of drug-likeness (QED) is 0.583. The van der Waals surface area contributed by atoms with Crippen LogP contribution in [0, 0.1) is 6.92 Å². The van der Waals surface area contributed by atoms with Crippen LogP contribution >= 0.6 is 23.3 Å². The van der Waals surface area contributed by atoms with Gasteiger partial charge in [0.2, 0.25) is 5.95 Å². The van der Waals surface area contributed by atoms with Gasteiger partial charge in [0, 0.05) is 0 Å². The van der Waals surface area contributed by atoms with E-state index in [9.17, 15) is 0 Å². The molecule has 4 aromatic rings. The molecule has 0 radical (unpaired) electrons.